The lowest BCUT2D eigenvalue weighted by atomic mass is 10.2. The maximum absolute atomic E-state index is 12.4. The lowest BCUT2D eigenvalue weighted by molar-refractivity contribution is 0.730. The zero-order chi connectivity index (χ0) is 14.1. The van der Waals surface area contributed by atoms with Gasteiger partial charge in [-0.25, -0.2) is 4.98 Å². The van der Waals surface area contributed by atoms with Crippen molar-refractivity contribution in [3.63, 3.8) is 0 Å². The molecule has 102 valence electrons. The van der Waals surface area contributed by atoms with Crippen LogP contribution in [-0.2, 0) is 6.54 Å². The predicted molar refractivity (Wildman–Crippen MR) is 84.0 cm³/mol. The van der Waals surface area contributed by atoms with Crippen molar-refractivity contribution in [3.8, 4) is 0 Å². The van der Waals surface area contributed by atoms with Crippen LogP contribution >= 0.6 is 11.3 Å². The predicted octanol–water partition coefficient (Wildman–Crippen LogP) is 3.53. The summed E-state index contributed by atoms with van der Waals surface area (Å²) in [5, 5.41) is 5.17. The Bertz CT molecular complexity index is 819. The molecule has 5 heteroatoms. The fourth-order valence-electron chi connectivity index (χ4n) is 2.17. The zero-order valence-corrected chi connectivity index (χ0v) is 12.2. The molecule has 3 rings (SSSR count). The molecule has 0 aliphatic rings. The Morgan fingerprint density at radius 1 is 1.30 bits per heavy atom. The van der Waals surface area contributed by atoms with E-state index in [9.17, 15) is 4.79 Å². The van der Waals surface area contributed by atoms with Crippen molar-refractivity contribution in [3.05, 3.63) is 51.6 Å². The number of hydrogen-bond donors (Lipinski definition) is 1. The number of nitrogens with zero attached hydrogens (tertiary/aromatic N) is 2. The van der Waals surface area contributed by atoms with Crippen molar-refractivity contribution >= 4 is 33.2 Å². The molecule has 0 saturated heterocycles. The van der Waals surface area contributed by atoms with E-state index in [2.05, 4.69) is 10.3 Å². The molecular formula is C15H15N3OS. The van der Waals surface area contributed by atoms with E-state index < -0.39 is 0 Å². The van der Waals surface area contributed by atoms with Crippen LogP contribution in [0.15, 0.2) is 40.5 Å². The van der Waals surface area contributed by atoms with Crippen LogP contribution in [-0.4, -0.2) is 9.55 Å². The molecule has 0 bridgehead atoms. The molecule has 0 spiro atoms. The van der Waals surface area contributed by atoms with Gasteiger partial charge in [0.25, 0.3) is 5.56 Å². The Morgan fingerprint density at radius 3 is 2.85 bits per heavy atom. The lowest BCUT2D eigenvalue weighted by Gasteiger charge is -2.13. The maximum atomic E-state index is 12.4. The minimum absolute atomic E-state index is 0.0172. The summed E-state index contributed by atoms with van der Waals surface area (Å²) < 4.78 is 2.38. The van der Waals surface area contributed by atoms with Crippen LogP contribution in [0.1, 0.15) is 12.5 Å². The lowest BCUT2D eigenvalue weighted by Crippen LogP contribution is -2.22. The van der Waals surface area contributed by atoms with E-state index in [1.165, 1.54) is 11.3 Å². The standard InChI is InChI=1S/C15H15N3OS/c1-3-18-14(19)13-12(8-9-20-13)17-15(18)16-11-7-5-4-6-10(11)2/h4-9H,3H2,1-2H3,(H,16,17). The molecule has 0 saturated carbocycles. The number of thiophene rings is 1. The summed E-state index contributed by atoms with van der Waals surface area (Å²) in [6, 6.07) is 9.85. The summed E-state index contributed by atoms with van der Waals surface area (Å²) in [5.74, 6) is 0.595. The number of aryl methyl sites for hydroxylation is 1. The fourth-order valence-corrected chi connectivity index (χ4v) is 2.94. The molecule has 3 aromatic rings. The van der Waals surface area contributed by atoms with E-state index in [1.54, 1.807) is 4.57 Å². The summed E-state index contributed by atoms with van der Waals surface area (Å²) >= 11 is 1.44. The van der Waals surface area contributed by atoms with Crippen LogP contribution in [0.3, 0.4) is 0 Å². The van der Waals surface area contributed by atoms with E-state index in [-0.39, 0.29) is 5.56 Å². The minimum atomic E-state index is 0.0172. The Balaban J connectivity index is 2.16. The molecule has 1 N–H and O–H groups in total. The van der Waals surface area contributed by atoms with E-state index in [0.29, 0.717) is 17.2 Å². The highest BCUT2D eigenvalue weighted by Gasteiger charge is 2.11. The van der Waals surface area contributed by atoms with E-state index in [0.717, 1.165) is 16.8 Å². The van der Waals surface area contributed by atoms with Crippen molar-refractivity contribution in [2.24, 2.45) is 0 Å². The van der Waals surface area contributed by atoms with Crippen molar-refractivity contribution in [2.45, 2.75) is 20.4 Å². The summed E-state index contributed by atoms with van der Waals surface area (Å²) in [4.78, 5) is 17.0. The van der Waals surface area contributed by atoms with E-state index in [4.69, 9.17) is 0 Å². The number of nitrogens with one attached hydrogen (secondary N) is 1. The van der Waals surface area contributed by atoms with Crippen LogP contribution in [0.4, 0.5) is 11.6 Å². The maximum Gasteiger partial charge on any atom is 0.272 e. The fraction of sp³-hybridized carbons (Fsp3) is 0.200. The van der Waals surface area contributed by atoms with Gasteiger partial charge in [-0.2, -0.15) is 0 Å². The second-order valence-corrected chi connectivity index (χ2v) is 5.48. The van der Waals surface area contributed by atoms with Crippen LogP contribution in [0.2, 0.25) is 0 Å². The summed E-state index contributed by atoms with van der Waals surface area (Å²) in [6.07, 6.45) is 0. The average molecular weight is 285 g/mol. The third-order valence-electron chi connectivity index (χ3n) is 3.27. The van der Waals surface area contributed by atoms with Crippen molar-refractivity contribution in [1.29, 1.82) is 0 Å². The third kappa shape index (κ3) is 2.10. The highest BCUT2D eigenvalue weighted by atomic mass is 32.1. The Morgan fingerprint density at radius 2 is 2.10 bits per heavy atom. The minimum Gasteiger partial charge on any atom is -0.325 e. The van der Waals surface area contributed by atoms with Gasteiger partial charge in [-0.15, -0.1) is 11.3 Å². The summed E-state index contributed by atoms with van der Waals surface area (Å²) in [5.41, 5.74) is 2.86. The molecule has 1 aromatic carbocycles. The Hall–Kier alpha value is -2.14. The van der Waals surface area contributed by atoms with Gasteiger partial charge in [0.2, 0.25) is 5.95 Å². The largest absolute Gasteiger partial charge is 0.325 e. The molecule has 0 unspecified atom stereocenters. The molecule has 2 heterocycles. The first-order valence-electron chi connectivity index (χ1n) is 6.51. The number of benzene rings is 1. The monoisotopic (exact) mass is 285 g/mol. The Kier molecular flexibility index (Phi) is 3.28. The SMILES string of the molecule is CCn1c(Nc2ccccc2C)nc2ccsc2c1=O. The van der Waals surface area contributed by atoms with Gasteiger partial charge in [0, 0.05) is 12.2 Å². The van der Waals surface area contributed by atoms with Gasteiger partial charge in [0.1, 0.15) is 4.70 Å². The van der Waals surface area contributed by atoms with Crippen LogP contribution < -0.4 is 10.9 Å². The highest BCUT2D eigenvalue weighted by Crippen LogP contribution is 2.21. The second kappa shape index (κ2) is 5.09. The quantitative estimate of drug-likeness (QED) is 0.800. The van der Waals surface area contributed by atoms with Crippen molar-refractivity contribution in [1.82, 2.24) is 9.55 Å². The van der Waals surface area contributed by atoms with Crippen molar-refractivity contribution < 1.29 is 0 Å². The highest BCUT2D eigenvalue weighted by molar-refractivity contribution is 7.17. The zero-order valence-electron chi connectivity index (χ0n) is 11.4. The molecule has 4 nitrogen and oxygen atoms in total. The molecule has 0 atom stereocenters. The van der Waals surface area contributed by atoms with Gasteiger partial charge < -0.3 is 5.32 Å². The first kappa shape index (κ1) is 12.9. The molecular weight excluding hydrogens is 270 g/mol. The molecule has 0 aliphatic carbocycles. The molecule has 0 amide bonds. The smallest absolute Gasteiger partial charge is 0.272 e. The molecule has 2 aromatic heterocycles. The number of rotatable bonds is 3. The number of hydrogen-bond acceptors (Lipinski definition) is 4. The molecule has 20 heavy (non-hydrogen) atoms. The van der Waals surface area contributed by atoms with E-state index in [1.807, 2.05) is 49.6 Å². The van der Waals surface area contributed by atoms with Crippen molar-refractivity contribution in [2.75, 3.05) is 5.32 Å². The normalized spacial score (nSPS) is 10.9. The topological polar surface area (TPSA) is 46.9 Å². The van der Waals surface area contributed by atoms with Gasteiger partial charge in [-0.3, -0.25) is 9.36 Å². The number of anilines is 2. The first-order chi connectivity index (χ1) is 9.70. The van der Waals surface area contributed by atoms with E-state index >= 15 is 0 Å². The van der Waals surface area contributed by atoms with Crippen LogP contribution in [0.5, 0.6) is 0 Å². The van der Waals surface area contributed by atoms with Gasteiger partial charge >= 0.3 is 0 Å². The average Bonchev–Trinajstić information content (AvgIpc) is 2.90. The van der Waals surface area contributed by atoms with Gasteiger partial charge in [0.05, 0.1) is 5.52 Å². The second-order valence-electron chi connectivity index (χ2n) is 4.56. The van der Waals surface area contributed by atoms with Gasteiger partial charge in [-0.1, -0.05) is 18.2 Å². The number of aromatic nitrogens is 2. The first-order valence-corrected chi connectivity index (χ1v) is 7.39. The van der Waals surface area contributed by atoms with Crippen LogP contribution in [0.25, 0.3) is 10.2 Å². The summed E-state index contributed by atoms with van der Waals surface area (Å²) in [7, 11) is 0. The van der Waals surface area contributed by atoms with Gasteiger partial charge in [-0.05, 0) is 36.9 Å². The van der Waals surface area contributed by atoms with Crippen LogP contribution in [0, 0.1) is 6.92 Å². The molecule has 0 aliphatic heterocycles. The summed E-state index contributed by atoms with van der Waals surface area (Å²) in [6.45, 7) is 4.57. The number of para-hydroxylation sites is 1. The van der Waals surface area contributed by atoms with Gasteiger partial charge in [0.15, 0.2) is 0 Å². The third-order valence-corrected chi connectivity index (χ3v) is 4.17. The molecule has 0 fully saturated rings. The number of fused-ring (bicyclic) bond motifs is 1. The molecule has 0 radical (unpaired) electrons. The Labute approximate surface area is 120 Å².